The Bertz CT molecular complexity index is 1470. The Morgan fingerprint density at radius 3 is 1.43 bits per heavy atom. The van der Waals surface area contributed by atoms with Gasteiger partial charge < -0.3 is 9.47 Å². The Morgan fingerprint density at radius 1 is 0.571 bits per heavy atom. The van der Waals surface area contributed by atoms with E-state index in [1.807, 2.05) is 78.9 Å². The van der Waals surface area contributed by atoms with E-state index >= 15 is 0 Å². The highest BCUT2D eigenvalue weighted by Gasteiger charge is 2.04. The molecular formula is C36H34N4O2. The first-order valence-corrected chi connectivity index (χ1v) is 14.0. The largest absolute Gasteiger partial charge is 0.487 e. The van der Waals surface area contributed by atoms with Crippen LogP contribution in [-0.2, 0) is 13.2 Å². The van der Waals surface area contributed by atoms with Crippen molar-refractivity contribution in [1.82, 2.24) is 9.97 Å². The van der Waals surface area contributed by atoms with Crippen LogP contribution in [-0.4, -0.2) is 22.4 Å². The third-order valence-electron chi connectivity index (χ3n) is 6.75. The molecule has 6 nitrogen and oxygen atoms in total. The molecule has 0 unspecified atom stereocenters. The molecule has 0 fully saturated rings. The highest BCUT2D eigenvalue weighted by molar-refractivity contribution is 5.77. The number of pyridine rings is 2. The van der Waals surface area contributed by atoms with Gasteiger partial charge in [-0.15, -0.1) is 0 Å². The zero-order valence-corrected chi connectivity index (χ0v) is 23.9. The lowest BCUT2D eigenvalue weighted by Crippen LogP contribution is -2.00. The van der Waals surface area contributed by atoms with Crippen LogP contribution in [0.4, 0.5) is 0 Å². The second-order valence-corrected chi connectivity index (χ2v) is 9.96. The van der Waals surface area contributed by atoms with Crippen LogP contribution in [0.1, 0.15) is 59.6 Å². The van der Waals surface area contributed by atoms with Crippen molar-refractivity contribution >= 4 is 12.4 Å². The average molecular weight is 555 g/mol. The Labute approximate surface area is 247 Å². The number of hydrogen-bond acceptors (Lipinski definition) is 6. The second kappa shape index (κ2) is 14.5. The van der Waals surface area contributed by atoms with Gasteiger partial charge in [0.1, 0.15) is 24.7 Å². The zero-order valence-electron chi connectivity index (χ0n) is 23.9. The quantitative estimate of drug-likeness (QED) is 0.147. The maximum absolute atomic E-state index is 5.97. The molecule has 3 aromatic carbocycles. The van der Waals surface area contributed by atoms with E-state index in [1.54, 1.807) is 24.8 Å². The van der Waals surface area contributed by atoms with Gasteiger partial charge in [-0.25, -0.2) is 0 Å². The van der Waals surface area contributed by atoms with Gasteiger partial charge in [-0.2, -0.15) is 0 Å². The van der Waals surface area contributed by atoms with Crippen LogP contribution < -0.4 is 9.47 Å². The van der Waals surface area contributed by atoms with Gasteiger partial charge in [0.15, 0.2) is 0 Å². The van der Waals surface area contributed by atoms with E-state index < -0.39 is 0 Å². The maximum Gasteiger partial charge on any atom is 0.138 e. The topological polar surface area (TPSA) is 69.0 Å². The Hall–Kier alpha value is -5.10. The Balaban J connectivity index is 1.08. The van der Waals surface area contributed by atoms with Crippen LogP contribution in [0, 0.1) is 0 Å². The molecule has 5 rings (SSSR count). The number of rotatable bonds is 12. The minimum atomic E-state index is 0.0735. The molecule has 0 aliphatic rings. The van der Waals surface area contributed by atoms with Crippen LogP contribution >= 0.6 is 0 Å². The molecular weight excluding hydrogens is 520 g/mol. The molecule has 5 aromatic rings. The Kier molecular flexibility index (Phi) is 9.82. The fourth-order valence-corrected chi connectivity index (χ4v) is 4.26. The molecule has 0 radical (unpaired) electrons. The normalized spacial score (nSPS) is 12.8. The number of aliphatic imine (C=N–C) groups is 2. The summed E-state index contributed by atoms with van der Waals surface area (Å²) in [6.45, 7) is 5.01. The van der Waals surface area contributed by atoms with E-state index in [2.05, 4.69) is 64.1 Å². The van der Waals surface area contributed by atoms with Gasteiger partial charge in [-0.05, 0) is 66.4 Å². The van der Waals surface area contributed by atoms with Crippen LogP contribution in [0.2, 0.25) is 0 Å². The van der Waals surface area contributed by atoms with Gasteiger partial charge in [-0.3, -0.25) is 20.0 Å². The molecule has 0 saturated heterocycles. The van der Waals surface area contributed by atoms with Gasteiger partial charge in [0.25, 0.3) is 0 Å². The molecule has 0 aliphatic heterocycles. The van der Waals surface area contributed by atoms with E-state index in [4.69, 9.17) is 9.47 Å². The summed E-state index contributed by atoms with van der Waals surface area (Å²) >= 11 is 0. The van der Waals surface area contributed by atoms with Crippen molar-refractivity contribution in [3.63, 3.8) is 0 Å². The summed E-state index contributed by atoms with van der Waals surface area (Å²) in [6, 6.07) is 36.4. The molecule has 0 bridgehead atoms. The summed E-state index contributed by atoms with van der Waals surface area (Å²) in [4.78, 5) is 18.2. The van der Waals surface area contributed by atoms with Crippen LogP contribution in [0.15, 0.2) is 132 Å². The lowest BCUT2D eigenvalue weighted by Gasteiger charge is -2.10. The number of ether oxygens (including phenoxy) is 2. The second-order valence-electron chi connectivity index (χ2n) is 9.96. The fraction of sp³-hybridized carbons (Fsp3) is 0.167. The SMILES string of the molecule is C[C@@H](/N=C/c1ccc(OCc2cccc(COc3ccc(/C=N/[C@H](C)c4ccccc4)nc3)c2)cn1)c1ccccc1. The highest BCUT2D eigenvalue weighted by Crippen LogP contribution is 2.18. The predicted molar refractivity (Wildman–Crippen MR) is 168 cm³/mol. The number of nitrogens with zero attached hydrogens (tertiary/aromatic N) is 4. The summed E-state index contributed by atoms with van der Waals surface area (Å²) in [5.41, 5.74) is 6.03. The fourth-order valence-electron chi connectivity index (χ4n) is 4.26. The highest BCUT2D eigenvalue weighted by atomic mass is 16.5. The molecule has 210 valence electrons. The summed E-state index contributed by atoms with van der Waals surface area (Å²) < 4.78 is 11.9. The van der Waals surface area contributed by atoms with Crippen molar-refractivity contribution in [2.45, 2.75) is 39.1 Å². The number of hydrogen-bond donors (Lipinski definition) is 0. The van der Waals surface area contributed by atoms with E-state index in [1.165, 1.54) is 11.1 Å². The van der Waals surface area contributed by atoms with Gasteiger partial charge in [0.05, 0.1) is 35.9 Å². The van der Waals surface area contributed by atoms with E-state index in [0.29, 0.717) is 24.7 Å². The van der Waals surface area contributed by atoms with Crippen molar-refractivity contribution in [3.05, 3.63) is 155 Å². The smallest absolute Gasteiger partial charge is 0.138 e. The monoisotopic (exact) mass is 554 g/mol. The Morgan fingerprint density at radius 2 is 1.02 bits per heavy atom. The molecule has 2 aromatic heterocycles. The molecule has 0 saturated carbocycles. The zero-order chi connectivity index (χ0) is 29.0. The summed E-state index contributed by atoms with van der Waals surface area (Å²) in [5.74, 6) is 1.41. The number of benzene rings is 3. The standard InChI is InChI=1S/C36H34N4O2/c1-27(31-12-5-3-6-13-31)37-21-33-16-18-35(23-39-33)41-25-29-10-9-11-30(20-29)26-42-36-19-17-34(40-24-36)22-38-28(2)32-14-7-4-8-15-32/h3-24,27-28H,25-26H2,1-2H3/b37-21+,38-22+/t27-,28-/m1/s1. The van der Waals surface area contributed by atoms with Gasteiger partial charge in [-0.1, -0.05) is 78.9 Å². The van der Waals surface area contributed by atoms with E-state index in [9.17, 15) is 0 Å². The van der Waals surface area contributed by atoms with Crippen molar-refractivity contribution in [2.75, 3.05) is 0 Å². The van der Waals surface area contributed by atoms with Crippen molar-refractivity contribution in [3.8, 4) is 11.5 Å². The van der Waals surface area contributed by atoms with E-state index in [-0.39, 0.29) is 12.1 Å². The predicted octanol–water partition coefficient (Wildman–Crippen LogP) is 7.99. The van der Waals surface area contributed by atoms with Crippen molar-refractivity contribution in [2.24, 2.45) is 9.98 Å². The van der Waals surface area contributed by atoms with Gasteiger partial charge >= 0.3 is 0 Å². The molecule has 0 aliphatic carbocycles. The first kappa shape index (κ1) is 28.4. The molecule has 0 spiro atoms. The maximum atomic E-state index is 5.97. The first-order valence-electron chi connectivity index (χ1n) is 14.0. The average Bonchev–Trinajstić information content (AvgIpc) is 3.06. The minimum absolute atomic E-state index is 0.0735. The summed E-state index contributed by atoms with van der Waals surface area (Å²) in [6.07, 6.45) is 7.05. The molecule has 2 atom stereocenters. The van der Waals surface area contributed by atoms with Gasteiger partial charge in [0.2, 0.25) is 0 Å². The van der Waals surface area contributed by atoms with Gasteiger partial charge in [0, 0.05) is 12.4 Å². The van der Waals surface area contributed by atoms with Crippen molar-refractivity contribution < 1.29 is 9.47 Å². The first-order chi connectivity index (χ1) is 20.6. The lowest BCUT2D eigenvalue weighted by molar-refractivity contribution is 0.298. The molecule has 42 heavy (non-hydrogen) atoms. The van der Waals surface area contributed by atoms with Crippen molar-refractivity contribution in [1.29, 1.82) is 0 Å². The number of aromatic nitrogens is 2. The summed E-state index contributed by atoms with van der Waals surface area (Å²) in [7, 11) is 0. The van der Waals surface area contributed by atoms with Crippen LogP contribution in [0.3, 0.4) is 0 Å². The third-order valence-corrected chi connectivity index (χ3v) is 6.75. The van der Waals surface area contributed by atoms with Crippen LogP contribution in [0.5, 0.6) is 11.5 Å². The summed E-state index contributed by atoms with van der Waals surface area (Å²) in [5, 5.41) is 0. The van der Waals surface area contributed by atoms with Crippen LogP contribution in [0.25, 0.3) is 0 Å². The van der Waals surface area contributed by atoms with E-state index in [0.717, 1.165) is 22.5 Å². The third kappa shape index (κ3) is 8.45. The molecule has 6 heteroatoms. The molecule has 0 N–H and O–H groups in total. The lowest BCUT2D eigenvalue weighted by atomic mass is 10.1. The molecule has 0 amide bonds. The molecule has 2 heterocycles. The minimum Gasteiger partial charge on any atom is -0.487 e.